The molecule has 1 saturated carbocycles. The summed E-state index contributed by atoms with van der Waals surface area (Å²) >= 11 is 0. The van der Waals surface area contributed by atoms with Crippen LogP contribution < -0.4 is 5.32 Å². The molecule has 2 bridgehead atoms. The molecule has 1 aliphatic carbocycles. The van der Waals surface area contributed by atoms with Crippen LogP contribution in [-0.4, -0.2) is 31.8 Å². The molecule has 2 rings (SSSR count). The molecule has 1 heterocycles. The van der Waals surface area contributed by atoms with E-state index in [4.69, 9.17) is 4.74 Å². The Morgan fingerprint density at radius 1 is 1.71 bits per heavy atom. The minimum Gasteiger partial charge on any atom is -0.465 e. The molecular weight excluding hydrogens is 185 g/mol. The fourth-order valence-electron chi connectivity index (χ4n) is 2.61. The van der Waals surface area contributed by atoms with Crippen LogP contribution >= 0.6 is 0 Å². The van der Waals surface area contributed by atoms with Crippen LogP contribution in [0.1, 0.15) is 19.8 Å². The maximum Gasteiger partial charge on any atom is 0.316 e. The van der Waals surface area contributed by atoms with E-state index in [9.17, 15) is 9.18 Å². The van der Waals surface area contributed by atoms with Gasteiger partial charge in [0.1, 0.15) is 11.6 Å². The van der Waals surface area contributed by atoms with Gasteiger partial charge in [0, 0.05) is 19.0 Å². The van der Waals surface area contributed by atoms with Crippen molar-refractivity contribution in [3.05, 3.63) is 0 Å². The Kier molecular flexibility index (Phi) is 2.47. The van der Waals surface area contributed by atoms with Gasteiger partial charge in [-0.1, -0.05) is 0 Å². The zero-order valence-corrected chi connectivity index (χ0v) is 8.38. The molecule has 0 spiro atoms. The normalized spacial score (nSPS) is 41.0. The minimum absolute atomic E-state index is 0.00755. The smallest absolute Gasteiger partial charge is 0.316 e. The van der Waals surface area contributed by atoms with Gasteiger partial charge >= 0.3 is 5.97 Å². The summed E-state index contributed by atoms with van der Waals surface area (Å²) in [5.41, 5.74) is -0.876. The Bertz CT molecular complexity index is 242. The summed E-state index contributed by atoms with van der Waals surface area (Å²) in [6.07, 6.45) is 0.417. The summed E-state index contributed by atoms with van der Waals surface area (Å²) < 4.78 is 18.9. The van der Waals surface area contributed by atoms with Crippen LogP contribution in [-0.2, 0) is 9.53 Å². The van der Waals surface area contributed by atoms with Gasteiger partial charge in [-0.15, -0.1) is 0 Å². The van der Waals surface area contributed by atoms with Crippen LogP contribution in [0.2, 0.25) is 0 Å². The first-order valence-electron chi connectivity index (χ1n) is 5.22. The zero-order chi connectivity index (χ0) is 10.2. The monoisotopic (exact) mass is 201 g/mol. The van der Waals surface area contributed by atoms with Gasteiger partial charge in [0.25, 0.3) is 0 Å². The molecule has 0 aromatic heterocycles. The van der Waals surface area contributed by atoms with Gasteiger partial charge in [0.2, 0.25) is 0 Å². The molecule has 2 fully saturated rings. The first kappa shape index (κ1) is 9.90. The van der Waals surface area contributed by atoms with Crippen LogP contribution in [0.15, 0.2) is 0 Å². The number of ether oxygens (including phenoxy) is 1. The topological polar surface area (TPSA) is 38.3 Å². The van der Waals surface area contributed by atoms with E-state index in [-0.39, 0.29) is 11.9 Å². The lowest BCUT2D eigenvalue weighted by molar-refractivity contribution is -0.159. The highest BCUT2D eigenvalue weighted by atomic mass is 19.1. The maximum atomic E-state index is 13.9. The van der Waals surface area contributed by atoms with Crippen molar-refractivity contribution in [2.45, 2.75) is 25.9 Å². The van der Waals surface area contributed by atoms with Crippen molar-refractivity contribution in [1.82, 2.24) is 5.32 Å². The van der Waals surface area contributed by atoms with Crippen LogP contribution in [0.4, 0.5) is 4.39 Å². The fourth-order valence-corrected chi connectivity index (χ4v) is 2.61. The molecule has 4 heteroatoms. The van der Waals surface area contributed by atoms with Gasteiger partial charge in [-0.3, -0.25) is 4.79 Å². The van der Waals surface area contributed by atoms with Gasteiger partial charge in [-0.2, -0.15) is 0 Å². The Balaban J connectivity index is 2.17. The molecule has 14 heavy (non-hydrogen) atoms. The molecule has 0 amide bonds. The highest BCUT2D eigenvalue weighted by Gasteiger charge is 2.57. The number of hydrogen-bond donors (Lipinski definition) is 1. The maximum absolute atomic E-state index is 13.9. The van der Waals surface area contributed by atoms with Crippen molar-refractivity contribution < 1.29 is 13.9 Å². The first-order chi connectivity index (χ1) is 6.70. The van der Waals surface area contributed by atoms with E-state index in [2.05, 4.69) is 5.32 Å². The molecule has 0 aromatic rings. The van der Waals surface area contributed by atoms with Crippen molar-refractivity contribution >= 4 is 5.97 Å². The predicted octanol–water partition coefficient (Wildman–Crippen LogP) is 0.887. The zero-order valence-electron chi connectivity index (χ0n) is 8.38. The van der Waals surface area contributed by atoms with Gasteiger partial charge in [-0.05, 0) is 19.8 Å². The van der Waals surface area contributed by atoms with Crippen LogP contribution in [0.25, 0.3) is 0 Å². The summed E-state index contributed by atoms with van der Waals surface area (Å²) in [5.74, 6) is -0.352. The van der Waals surface area contributed by atoms with Crippen molar-refractivity contribution in [3.8, 4) is 0 Å². The third-order valence-corrected chi connectivity index (χ3v) is 3.43. The van der Waals surface area contributed by atoms with Crippen molar-refractivity contribution in [1.29, 1.82) is 0 Å². The van der Waals surface area contributed by atoms with Gasteiger partial charge in [-0.25, -0.2) is 4.39 Å². The molecule has 3 nitrogen and oxygen atoms in total. The number of fused-ring (bicyclic) bond motifs is 2. The molecule has 3 unspecified atom stereocenters. The Morgan fingerprint density at radius 3 is 3.21 bits per heavy atom. The molecule has 1 saturated heterocycles. The summed E-state index contributed by atoms with van der Waals surface area (Å²) in [4.78, 5) is 11.7. The number of carbonyl (C=O) groups excluding carboxylic acids is 1. The molecule has 3 atom stereocenters. The number of piperidine rings is 1. The van der Waals surface area contributed by atoms with E-state index in [0.717, 1.165) is 6.42 Å². The Morgan fingerprint density at radius 2 is 2.50 bits per heavy atom. The quantitative estimate of drug-likeness (QED) is 0.674. The summed E-state index contributed by atoms with van der Waals surface area (Å²) in [5, 5.41) is 3.12. The van der Waals surface area contributed by atoms with E-state index in [1.54, 1.807) is 6.92 Å². The minimum atomic E-state index is -1.01. The lowest BCUT2D eigenvalue weighted by Crippen LogP contribution is -2.52. The van der Waals surface area contributed by atoms with Crippen LogP contribution in [0.3, 0.4) is 0 Å². The second-order valence-electron chi connectivity index (χ2n) is 4.21. The average Bonchev–Trinajstić information content (AvgIpc) is 2.40. The third-order valence-electron chi connectivity index (χ3n) is 3.43. The van der Waals surface area contributed by atoms with E-state index in [1.165, 1.54) is 0 Å². The second kappa shape index (κ2) is 3.50. The Hall–Kier alpha value is -0.640. The second-order valence-corrected chi connectivity index (χ2v) is 4.21. The molecule has 2 aliphatic rings. The summed E-state index contributed by atoms with van der Waals surface area (Å²) in [6.45, 7) is 3.22. The number of hydrogen-bond acceptors (Lipinski definition) is 3. The number of alkyl halides is 1. The lowest BCUT2D eigenvalue weighted by Gasteiger charge is -2.34. The van der Waals surface area contributed by atoms with Crippen molar-refractivity contribution in [2.24, 2.45) is 11.3 Å². The van der Waals surface area contributed by atoms with E-state index in [1.807, 2.05) is 0 Å². The van der Waals surface area contributed by atoms with Crippen molar-refractivity contribution in [2.75, 3.05) is 19.7 Å². The van der Waals surface area contributed by atoms with E-state index < -0.39 is 11.6 Å². The molecule has 0 radical (unpaired) electrons. The van der Waals surface area contributed by atoms with Crippen molar-refractivity contribution in [3.63, 3.8) is 0 Å². The number of nitrogens with one attached hydrogen (secondary N) is 1. The first-order valence-corrected chi connectivity index (χ1v) is 5.22. The fraction of sp³-hybridized carbons (Fsp3) is 0.900. The van der Waals surface area contributed by atoms with Gasteiger partial charge < -0.3 is 10.1 Å². The average molecular weight is 201 g/mol. The van der Waals surface area contributed by atoms with Gasteiger partial charge in [0.15, 0.2) is 0 Å². The van der Waals surface area contributed by atoms with Crippen LogP contribution in [0.5, 0.6) is 0 Å². The standard InChI is InChI=1S/C10H16FNO2/c1-2-14-9(13)10-4-3-7(8(10)11)5-12-6-10/h7-8,12H,2-6H2,1H3. The molecule has 0 aromatic carbocycles. The molecular formula is C10H16FNO2. The van der Waals surface area contributed by atoms with Crippen LogP contribution in [0, 0.1) is 11.3 Å². The highest BCUT2D eigenvalue weighted by Crippen LogP contribution is 2.46. The lowest BCUT2D eigenvalue weighted by atomic mass is 9.81. The summed E-state index contributed by atoms with van der Waals surface area (Å²) in [6, 6.07) is 0. The highest BCUT2D eigenvalue weighted by molar-refractivity contribution is 5.78. The number of halogens is 1. The Labute approximate surface area is 83.0 Å². The molecule has 1 N–H and O–H groups in total. The van der Waals surface area contributed by atoms with E-state index >= 15 is 0 Å². The number of carbonyl (C=O) groups is 1. The molecule has 80 valence electrons. The van der Waals surface area contributed by atoms with Gasteiger partial charge in [0.05, 0.1) is 6.61 Å². The van der Waals surface area contributed by atoms with E-state index in [0.29, 0.717) is 26.1 Å². The summed E-state index contributed by atoms with van der Waals surface area (Å²) in [7, 11) is 0. The predicted molar refractivity (Wildman–Crippen MR) is 49.6 cm³/mol. The largest absolute Gasteiger partial charge is 0.465 e. The molecule has 1 aliphatic heterocycles. The third kappa shape index (κ3) is 1.24. The number of rotatable bonds is 2. The SMILES string of the molecule is CCOC(=O)C12CCC(CNC1)C2F. The number of esters is 1.